The summed E-state index contributed by atoms with van der Waals surface area (Å²) in [4.78, 5) is 24.5. The lowest BCUT2D eigenvalue weighted by Gasteiger charge is -2.21. The van der Waals surface area contributed by atoms with Gasteiger partial charge in [-0.15, -0.1) is 0 Å². The van der Waals surface area contributed by atoms with Crippen LogP contribution >= 0.6 is 0 Å². The average molecular weight is 324 g/mol. The number of amides is 1. The molecule has 0 heterocycles. The van der Waals surface area contributed by atoms with Crippen molar-refractivity contribution in [2.24, 2.45) is 0 Å². The van der Waals surface area contributed by atoms with E-state index in [1.54, 1.807) is 7.05 Å². The number of ketones is 1. The van der Waals surface area contributed by atoms with Crippen LogP contribution in [-0.4, -0.2) is 30.8 Å². The normalized spacial score (nSPS) is 13.1. The molecule has 24 heavy (non-hydrogen) atoms. The first-order valence-electron chi connectivity index (χ1n) is 8.16. The fourth-order valence-corrected chi connectivity index (χ4v) is 2.59. The van der Waals surface area contributed by atoms with Crippen molar-refractivity contribution < 1.29 is 9.59 Å². The molecule has 0 bridgehead atoms. The second-order valence-corrected chi connectivity index (χ2v) is 5.89. The number of hydrogen-bond donors (Lipinski definition) is 2. The van der Waals surface area contributed by atoms with E-state index in [1.807, 2.05) is 60.7 Å². The van der Waals surface area contributed by atoms with Gasteiger partial charge in [0, 0.05) is 0 Å². The molecule has 1 amide bonds. The average Bonchev–Trinajstić information content (AvgIpc) is 2.60. The van der Waals surface area contributed by atoms with E-state index in [-0.39, 0.29) is 17.7 Å². The number of likely N-dealkylation sites (N-methyl/N-ethyl adjacent to an activating group) is 1. The summed E-state index contributed by atoms with van der Waals surface area (Å²) in [6.45, 7) is 1.51. The topological polar surface area (TPSA) is 58.2 Å². The van der Waals surface area contributed by atoms with Crippen molar-refractivity contribution in [3.8, 4) is 0 Å². The summed E-state index contributed by atoms with van der Waals surface area (Å²) in [6, 6.07) is 18.7. The Morgan fingerprint density at radius 1 is 0.833 bits per heavy atom. The Labute approximate surface area is 143 Å². The smallest absolute Gasteiger partial charge is 0.238 e. The highest BCUT2D eigenvalue weighted by Gasteiger charge is 2.23. The number of Topliss-reactive ketones (excluding diaryl/α,β-unsaturated/α-hetero) is 1. The molecule has 2 N–H and O–H groups in total. The molecule has 0 saturated heterocycles. The quantitative estimate of drug-likeness (QED) is 0.782. The van der Waals surface area contributed by atoms with Crippen molar-refractivity contribution >= 4 is 11.7 Å². The first-order chi connectivity index (χ1) is 11.6. The highest BCUT2D eigenvalue weighted by atomic mass is 16.2. The van der Waals surface area contributed by atoms with Crippen LogP contribution in [0.5, 0.6) is 0 Å². The summed E-state index contributed by atoms with van der Waals surface area (Å²) < 4.78 is 0. The van der Waals surface area contributed by atoms with Gasteiger partial charge < -0.3 is 10.6 Å². The molecule has 0 radical (unpaired) electrons. The number of carbonyl (C=O) groups is 2. The van der Waals surface area contributed by atoms with E-state index in [1.165, 1.54) is 6.92 Å². The first-order valence-corrected chi connectivity index (χ1v) is 8.16. The van der Waals surface area contributed by atoms with Crippen LogP contribution in [-0.2, 0) is 22.4 Å². The van der Waals surface area contributed by atoms with Gasteiger partial charge in [0.1, 0.15) is 0 Å². The number of nitrogens with one attached hydrogen (secondary N) is 2. The second-order valence-electron chi connectivity index (χ2n) is 5.89. The fraction of sp³-hybridized carbons (Fsp3) is 0.300. The zero-order chi connectivity index (χ0) is 17.4. The monoisotopic (exact) mass is 324 g/mol. The SMILES string of the molecule is CN[C@@H](Cc1ccccc1)C(=O)N[C@@H](Cc1ccccc1)C(C)=O. The minimum absolute atomic E-state index is 0.0400. The minimum Gasteiger partial charge on any atom is -0.345 e. The van der Waals surface area contributed by atoms with Gasteiger partial charge in [-0.2, -0.15) is 0 Å². The lowest BCUT2D eigenvalue weighted by molar-refractivity contribution is -0.128. The second kappa shape index (κ2) is 8.99. The summed E-state index contributed by atoms with van der Waals surface area (Å²) in [7, 11) is 1.76. The number of carbonyl (C=O) groups excluding carboxylic acids is 2. The molecule has 0 unspecified atom stereocenters. The van der Waals surface area contributed by atoms with Crippen LogP contribution in [0.15, 0.2) is 60.7 Å². The van der Waals surface area contributed by atoms with Gasteiger partial charge in [-0.05, 0) is 37.9 Å². The van der Waals surface area contributed by atoms with Crippen LogP contribution in [0.3, 0.4) is 0 Å². The molecule has 2 aromatic carbocycles. The van der Waals surface area contributed by atoms with Crippen LogP contribution in [0.1, 0.15) is 18.1 Å². The van der Waals surface area contributed by atoms with E-state index in [4.69, 9.17) is 0 Å². The van der Waals surface area contributed by atoms with E-state index < -0.39 is 6.04 Å². The molecular formula is C20H24N2O2. The molecule has 4 heteroatoms. The van der Waals surface area contributed by atoms with E-state index in [9.17, 15) is 9.59 Å². The third-order valence-electron chi connectivity index (χ3n) is 4.04. The standard InChI is InChI=1S/C20H24N2O2/c1-15(23)18(13-16-9-5-3-6-10-16)22-20(24)19(21-2)14-17-11-7-4-8-12-17/h3-12,18-19,21H,13-14H2,1-2H3,(H,22,24)/t18-,19-/m0/s1. The Hall–Kier alpha value is -2.46. The molecule has 0 aliphatic rings. The van der Waals surface area contributed by atoms with Gasteiger partial charge in [-0.3, -0.25) is 9.59 Å². The molecule has 2 aromatic rings. The van der Waals surface area contributed by atoms with Crippen LogP contribution in [0, 0.1) is 0 Å². The van der Waals surface area contributed by atoms with E-state index in [2.05, 4.69) is 10.6 Å². The molecule has 0 fully saturated rings. The van der Waals surface area contributed by atoms with Crippen molar-refractivity contribution in [3.63, 3.8) is 0 Å². The van der Waals surface area contributed by atoms with Crippen LogP contribution in [0.4, 0.5) is 0 Å². The summed E-state index contributed by atoms with van der Waals surface area (Å²) in [5, 5.41) is 5.92. The Balaban J connectivity index is 2.01. The van der Waals surface area contributed by atoms with Crippen molar-refractivity contribution in [2.45, 2.75) is 31.8 Å². The molecule has 0 spiro atoms. The van der Waals surface area contributed by atoms with E-state index in [0.29, 0.717) is 12.8 Å². The summed E-state index contributed by atoms with van der Waals surface area (Å²) in [5.74, 6) is -0.195. The molecule has 0 aromatic heterocycles. The van der Waals surface area contributed by atoms with Crippen LogP contribution in [0.2, 0.25) is 0 Å². The van der Waals surface area contributed by atoms with Gasteiger partial charge >= 0.3 is 0 Å². The molecule has 126 valence electrons. The highest BCUT2D eigenvalue weighted by molar-refractivity contribution is 5.90. The molecule has 0 saturated carbocycles. The van der Waals surface area contributed by atoms with Gasteiger partial charge in [0.2, 0.25) is 5.91 Å². The maximum Gasteiger partial charge on any atom is 0.238 e. The summed E-state index contributed by atoms with van der Waals surface area (Å²) in [6.07, 6.45) is 1.09. The van der Waals surface area contributed by atoms with Crippen molar-refractivity contribution in [1.29, 1.82) is 0 Å². The number of rotatable bonds is 8. The number of hydrogen-bond acceptors (Lipinski definition) is 3. The first kappa shape index (κ1) is 17.9. The molecule has 2 rings (SSSR count). The van der Waals surface area contributed by atoms with Gasteiger partial charge in [0.15, 0.2) is 5.78 Å². The van der Waals surface area contributed by atoms with E-state index >= 15 is 0 Å². The molecule has 4 nitrogen and oxygen atoms in total. The maximum absolute atomic E-state index is 12.6. The Morgan fingerprint density at radius 2 is 1.29 bits per heavy atom. The summed E-state index contributed by atoms with van der Waals surface area (Å²) in [5.41, 5.74) is 2.11. The van der Waals surface area contributed by atoms with Gasteiger partial charge in [-0.25, -0.2) is 0 Å². The van der Waals surface area contributed by atoms with Crippen molar-refractivity contribution in [2.75, 3.05) is 7.05 Å². The fourth-order valence-electron chi connectivity index (χ4n) is 2.59. The molecule has 2 atom stereocenters. The van der Waals surface area contributed by atoms with Gasteiger partial charge in [0.25, 0.3) is 0 Å². The van der Waals surface area contributed by atoms with Crippen LogP contribution in [0.25, 0.3) is 0 Å². The highest BCUT2D eigenvalue weighted by Crippen LogP contribution is 2.07. The van der Waals surface area contributed by atoms with Gasteiger partial charge in [-0.1, -0.05) is 60.7 Å². The lowest BCUT2D eigenvalue weighted by atomic mass is 10.0. The zero-order valence-electron chi connectivity index (χ0n) is 14.2. The predicted molar refractivity (Wildman–Crippen MR) is 95.8 cm³/mol. The maximum atomic E-state index is 12.6. The third-order valence-corrected chi connectivity index (χ3v) is 4.04. The Bertz CT molecular complexity index is 656. The van der Waals surface area contributed by atoms with Crippen molar-refractivity contribution in [1.82, 2.24) is 10.6 Å². The Kier molecular flexibility index (Phi) is 6.70. The number of benzene rings is 2. The third kappa shape index (κ3) is 5.32. The largest absolute Gasteiger partial charge is 0.345 e. The Morgan fingerprint density at radius 3 is 1.71 bits per heavy atom. The molecule has 0 aliphatic heterocycles. The van der Waals surface area contributed by atoms with Crippen molar-refractivity contribution in [3.05, 3.63) is 71.8 Å². The van der Waals surface area contributed by atoms with Gasteiger partial charge in [0.05, 0.1) is 12.1 Å². The lowest BCUT2D eigenvalue weighted by Crippen LogP contribution is -2.50. The van der Waals surface area contributed by atoms with Crippen LogP contribution < -0.4 is 10.6 Å². The van der Waals surface area contributed by atoms with E-state index in [0.717, 1.165) is 11.1 Å². The predicted octanol–water partition coefficient (Wildman–Crippen LogP) is 2.13. The molecular weight excluding hydrogens is 300 g/mol. The summed E-state index contributed by atoms with van der Waals surface area (Å²) >= 11 is 0. The zero-order valence-corrected chi connectivity index (χ0v) is 14.2. The minimum atomic E-state index is -0.508. The molecule has 0 aliphatic carbocycles.